The molecule has 1 amide bonds. The molecule has 0 aliphatic carbocycles. The fourth-order valence-corrected chi connectivity index (χ4v) is 4.58. The van der Waals surface area contributed by atoms with Gasteiger partial charge in [0.15, 0.2) is 0 Å². The van der Waals surface area contributed by atoms with Crippen LogP contribution in [0.15, 0.2) is 54.6 Å². The number of nitrogens with one attached hydrogen (secondary N) is 1. The van der Waals surface area contributed by atoms with Crippen molar-refractivity contribution in [1.29, 1.82) is 5.26 Å². The molecule has 176 valence electrons. The molecule has 35 heavy (non-hydrogen) atoms. The second kappa shape index (κ2) is 9.57. The van der Waals surface area contributed by atoms with E-state index in [-0.39, 0.29) is 12.5 Å². The maximum absolute atomic E-state index is 12.5. The number of amides is 1. The van der Waals surface area contributed by atoms with Gasteiger partial charge in [-0.15, -0.1) is 0 Å². The minimum Gasteiger partial charge on any atom is -0.375 e. The van der Waals surface area contributed by atoms with Crippen LogP contribution in [0.2, 0.25) is 0 Å². The maximum Gasteiger partial charge on any atom is 0.248 e. The SMILES string of the molecule is COCC(=O)N1CCc2nc(-n3c(C)cc4c(C#N)cccc43)nc(NCc3ccccc3)c2C1. The Morgan fingerprint density at radius 3 is 2.77 bits per heavy atom. The molecule has 0 saturated heterocycles. The van der Waals surface area contributed by atoms with Crippen molar-refractivity contribution in [3.8, 4) is 12.0 Å². The first kappa shape index (κ1) is 22.6. The number of hydrogen-bond donors (Lipinski definition) is 1. The van der Waals surface area contributed by atoms with Gasteiger partial charge in [0.2, 0.25) is 11.9 Å². The highest BCUT2D eigenvalue weighted by Crippen LogP contribution is 2.29. The lowest BCUT2D eigenvalue weighted by atomic mass is 10.1. The molecule has 8 heteroatoms. The number of anilines is 1. The molecule has 8 nitrogen and oxygen atoms in total. The molecule has 0 radical (unpaired) electrons. The summed E-state index contributed by atoms with van der Waals surface area (Å²) >= 11 is 0. The van der Waals surface area contributed by atoms with Gasteiger partial charge in [0, 0.05) is 43.3 Å². The van der Waals surface area contributed by atoms with E-state index in [1.165, 1.54) is 7.11 Å². The molecule has 0 fully saturated rings. The second-order valence-electron chi connectivity index (χ2n) is 8.61. The zero-order valence-corrected chi connectivity index (χ0v) is 19.8. The Labute approximate surface area is 203 Å². The monoisotopic (exact) mass is 466 g/mol. The number of nitrogens with zero attached hydrogens (tertiary/aromatic N) is 5. The van der Waals surface area contributed by atoms with Crippen LogP contribution in [0.1, 0.15) is 28.1 Å². The molecule has 0 atom stereocenters. The smallest absolute Gasteiger partial charge is 0.248 e. The standard InChI is InChI=1S/C27H26N6O2/c1-18-13-21-20(14-28)9-6-10-24(21)33(18)27-30-23-11-12-32(25(34)17-35-2)16-22(23)26(31-27)29-15-19-7-4-3-5-8-19/h3-10,13H,11-12,15-17H2,1-2H3,(H,29,30,31). The number of aromatic nitrogens is 3. The van der Waals surface area contributed by atoms with Crippen LogP contribution in [0.25, 0.3) is 16.9 Å². The third-order valence-electron chi connectivity index (χ3n) is 6.32. The summed E-state index contributed by atoms with van der Waals surface area (Å²) in [5.74, 6) is 1.22. The quantitative estimate of drug-likeness (QED) is 0.465. The third-order valence-corrected chi connectivity index (χ3v) is 6.32. The lowest BCUT2D eigenvalue weighted by Crippen LogP contribution is -2.39. The molecule has 4 aromatic rings. The lowest BCUT2D eigenvalue weighted by Gasteiger charge is -2.30. The van der Waals surface area contributed by atoms with E-state index < -0.39 is 0 Å². The van der Waals surface area contributed by atoms with Crippen molar-refractivity contribution in [2.75, 3.05) is 25.6 Å². The van der Waals surface area contributed by atoms with E-state index in [2.05, 4.69) is 23.5 Å². The van der Waals surface area contributed by atoms with E-state index in [1.807, 2.05) is 54.0 Å². The van der Waals surface area contributed by atoms with Gasteiger partial charge in [-0.2, -0.15) is 10.2 Å². The molecule has 3 heterocycles. The Morgan fingerprint density at radius 2 is 2.00 bits per heavy atom. The topological polar surface area (TPSA) is 96.1 Å². The molecule has 2 aromatic carbocycles. The van der Waals surface area contributed by atoms with E-state index in [4.69, 9.17) is 14.7 Å². The first-order valence-electron chi connectivity index (χ1n) is 11.5. The second-order valence-corrected chi connectivity index (χ2v) is 8.61. The van der Waals surface area contributed by atoms with Gasteiger partial charge in [-0.1, -0.05) is 36.4 Å². The van der Waals surface area contributed by atoms with Gasteiger partial charge in [0.25, 0.3) is 0 Å². The van der Waals surface area contributed by atoms with Crippen LogP contribution in [0.4, 0.5) is 5.82 Å². The number of nitriles is 1. The van der Waals surface area contributed by atoms with Gasteiger partial charge < -0.3 is 15.0 Å². The maximum atomic E-state index is 12.5. The highest BCUT2D eigenvalue weighted by molar-refractivity contribution is 5.88. The normalized spacial score (nSPS) is 12.9. The van der Waals surface area contributed by atoms with E-state index >= 15 is 0 Å². The van der Waals surface area contributed by atoms with Crippen LogP contribution in [0, 0.1) is 18.3 Å². The van der Waals surface area contributed by atoms with Crippen molar-refractivity contribution in [1.82, 2.24) is 19.4 Å². The number of ether oxygens (including phenoxy) is 1. The van der Waals surface area contributed by atoms with E-state index in [0.717, 1.165) is 33.4 Å². The van der Waals surface area contributed by atoms with E-state index in [9.17, 15) is 10.1 Å². The van der Waals surface area contributed by atoms with Gasteiger partial charge in [-0.3, -0.25) is 9.36 Å². The fourth-order valence-electron chi connectivity index (χ4n) is 4.58. The first-order chi connectivity index (χ1) is 17.1. The Bertz CT molecular complexity index is 1440. The largest absolute Gasteiger partial charge is 0.375 e. The summed E-state index contributed by atoms with van der Waals surface area (Å²) in [5.41, 5.74) is 5.44. The summed E-state index contributed by atoms with van der Waals surface area (Å²) in [6, 6.07) is 20.1. The van der Waals surface area contributed by atoms with Crippen molar-refractivity contribution in [3.05, 3.63) is 82.7 Å². The summed E-state index contributed by atoms with van der Waals surface area (Å²) < 4.78 is 7.05. The summed E-state index contributed by atoms with van der Waals surface area (Å²) in [7, 11) is 1.53. The molecule has 5 rings (SSSR count). The van der Waals surface area contributed by atoms with Gasteiger partial charge in [-0.05, 0) is 30.7 Å². The zero-order valence-electron chi connectivity index (χ0n) is 19.8. The number of benzene rings is 2. The number of hydrogen-bond acceptors (Lipinski definition) is 6. The van der Waals surface area contributed by atoms with Gasteiger partial charge in [-0.25, -0.2) is 4.98 Å². The molecule has 0 spiro atoms. The van der Waals surface area contributed by atoms with Crippen LogP contribution in [0.5, 0.6) is 0 Å². The fraction of sp³-hybridized carbons (Fsp3) is 0.259. The number of methoxy groups -OCH3 is 1. The van der Waals surface area contributed by atoms with Crippen molar-refractivity contribution in [2.24, 2.45) is 0 Å². The molecule has 2 aromatic heterocycles. The third kappa shape index (κ3) is 4.34. The van der Waals surface area contributed by atoms with Gasteiger partial charge in [0.1, 0.15) is 12.4 Å². The molecule has 0 saturated carbocycles. The van der Waals surface area contributed by atoms with E-state index in [0.29, 0.717) is 43.4 Å². The number of rotatable bonds is 6. The van der Waals surface area contributed by atoms with Crippen LogP contribution in [0.3, 0.4) is 0 Å². The Morgan fingerprint density at radius 1 is 1.17 bits per heavy atom. The van der Waals surface area contributed by atoms with Crippen LogP contribution in [-0.2, 0) is 29.0 Å². The highest BCUT2D eigenvalue weighted by atomic mass is 16.5. The van der Waals surface area contributed by atoms with E-state index in [1.54, 1.807) is 4.90 Å². The van der Waals surface area contributed by atoms with Gasteiger partial charge >= 0.3 is 0 Å². The van der Waals surface area contributed by atoms with Crippen molar-refractivity contribution >= 4 is 22.6 Å². The zero-order chi connectivity index (χ0) is 24.4. The predicted octanol–water partition coefficient (Wildman–Crippen LogP) is 3.74. The summed E-state index contributed by atoms with van der Waals surface area (Å²) in [6.45, 7) is 3.65. The van der Waals surface area contributed by atoms with Gasteiger partial charge in [0.05, 0.1) is 29.4 Å². The summed E-state index contributed by atoms with van der Waals surface area (Å²) in [6.07, 6.45) is 0.627. The number of carbonyl (C=O) groups excluding carboxylic acids is 1. The minimum absolute atomic E-state index is 0.0486. The van der Waals surface area contributed by atoms with Crippen LogP contribution in [-0.4, -0.2) is 45.6 Å². The molecule has 1 N–H and O–H groups in total. The molecule has 0 unspecified atom stereocenters. The average molecular weight is 467 g/mol. The molecule has 0 bridgehead atoms. The molecule has 1 aliphatic heterocycles. The average Bonchev–Trinajstić information content (AvgIpc) is 3.23. The van der Waals surface area contributed by atoms with Crippen LogP contribution >= 0.6 is 0 Å². The number of carbonyl (C=O) groups is 1. The predicted molar refractivity (Wildman–Crippen MR) is 133 cm³/mol. The highest BCUT2D eigenvalue weighted by Gasteiger charge is 2.26. The molecule has 1 aliphatic rings. The number of fused-ring (bicyclic) bond motifs is 2. The summed E-state index contributed by atoms with van der Waals surface area (Å²) in [5, 5.41) is 13.9. The number of aryl methyl sites for hydroxylation is 1. The van der Waals surface area contributed by atoms with Crippen molar-refractivity contribution in [2.45, 2.75) is 26.4 Å². The Kier molecular flexibility index (Phi) is 6.17. The first-order valence-corrected chi connectivity index (χ1v) is 11.5. The minimum atomic E-state index is -0.0486. The van der Waals surface area contributed by atoms with Crippen LogP contribution < -0.4 is 5.32 Å². The summed E-state index contributed by atoms with van der Waals surface area (Å²) in [4.78, 5) is 24.2. The molecular weight excluding hydrogens is 440 g/mol. The van der Waals surface area contributed by atoms with Crippen molar-refractivity contribution in [3.63, 3.8) is 0 Å². The Balaban J connectivity index is 1.59. The Hall–Kier alpha value is -4.22. The van der Waals surface area contributed by atoms with Crippen molar-refractivity contribution < 1.29 is 9.53 Å². The molecular formula is C27H26N6O2. The lowest BCUT2D eigenvalue weighted by molar-refractivity contribution is -0.136.